The highest BCUT2D eigenvalue weighted by molar-refractivity contribution is 5.89. The molecule has 0 spiro atoms. The van der Waals surface area contributed by atoms with Crippen LogP contribution in [0.3, 0.4) is 0 Å². The molecule has 0 heterocycles. The first kappa shape index (κ1) is 15.8. The number of aliphatic carboxylic acids is 1. The van der Waals surface area contributed by atoms with Crippen LogP contribution in [0.15, 0.2) is 36.9 Å². The second-order valence-corrected chi connectivity index (χ2v) is 4.55. The van der Waals surface area contributed by atoms with E-state index in [1.165, 1.54) is 0 Å². The van der Waals surface area contributed by atoms with Crippen LogP contribution in [-0.2, 0) is 11.2 Å². The minimum Gasteiger partial charge on any atom is -0.481 e. The molecule has 2 amide bonds. The number of urea groups is 1. The highest BCUT2D eigenvalue weighted by Crippen LogP contribution is 2.11. The van der Waals surface area contributed by atoms with Gasteiger partial charge in [0.15, 0.2) is 0 Å². The molecular formula is C15H20N2O3. The van der Waals surface area contributed by atoms with E-state index in [1.807, 2.05) is 6.08 Å². The van der Waals surface area contributed by atoms with Gasteiger partial charge in [-0.25, -0.2) is 4.79 Å². The van der Waals surface area contributed by atoms with Gasteiger partial charge in [-0.3, -0.25) is 4.79 Å². The monoisotopic (exact) mass is 276 g/mol. The van der Waals surface area contributed by atoms with Crippen LogP contribution in [0.4, 0.5) is 10.5 Å². The number of benzene rings is 1. The van der Waals surface area contributed by atoms with Crippen LogP contribution in [0.1, 0.15) is 18.4 Å². The number of rotatable bonds is 7. The van der Waals surface area contributed by atoms with Gasteiger partial charge >= 0.3 is 12.0 Å². The fraction of sp³-hybridized carbons (Fsp3) is 0.333. The van der Waals surface area contributed by atoms with E-state index < -0.39 is 5.97 Å². The van der Waals surface area contributed by atoms with Gasteiger partial charge in [0.25, 0.3) is 0 Å². The summed E-state index contributed by atoms with van der Waals surface area (Å²) in [7, 11) is 1.73. The molecule has 0 radical (unpaired) electrons. The van der Waals surface area contributed by atoms with Gasteiger partial charge < -0.3 is 15.3 Å². The van der Waals surface area contributed by atoms with Crippen molar-refractivity contribution in [1.82, 2.24) is 4.90 Å². The van der Waals surface area contributed by atoms with E-state index >= 15 is 0 Å². The normalized spacial score (nSPS) is 9.85. The minimum atomic E-state index is -0.872. The fourth-order valence-corrected chi connectivity index (χ4v) is 1.67. The molecule has 1 aromatic carbocycles. The predicted molar refractivity (Wildman–Crippen MR) is 78.9 cm³/mol. The van der Waals surface area contributed by atoms with Gasteiger partial charge in [-0.1, -0.05) is 18.2 Å². The molecule has 0 aliphatic carbocycles. The number of allylic oxidation sites excluding steroid dienone is 1. The number of hydrogen-bond acceptors (Lipinski definition) is 2. The number of carbonyl (C=O) groups is 2. The van der Waals surface area contributed by atoms with Crippen LogP contribution >= 0.6 is 0 Å². The zero-order valence-electron chi connectivity index (χ0n) is 11.6. The molecule has 0 aromatic heterocycles. The zero-order chi connectivity index (χ0) is 15.0. The Morgan fingerprint density at radius 3 is 2.55 bits per heavy atom. The van der Waals surface area contributed by atoms with Gasteiger partial charge in [0, 0.05) is 19.3 Å². The highest BCUT2D eigenvalue weighted by Gasteiger charge is 2.08. The highest BCUT2D eigenvalue weighted by atomic mass is 16.4. The summed E-state index contributed by atoms with van der Waals surface area (Å²) in [4.78, 5) is 24.0. The van der Waals surface area contributed by atoms with Crippen molar-refractivity contribution in [2.24, 2.45) is 0 Å². The Bertz CT molecular complexity index is 469. The van der Waals surface area contributed by atoms with E-state index in [9.17, 15) is 9.59 Å². The Labute approximate surface area is 118 Å². The van der Waals surface area contributed by atoms with E-state index in [1.54, 1.807) is 36.2 Å². The lowest BCUT2D eigenvalue weighted by Crippen LogP contribution is -2.32. The smallest absolute Gasteiger partial charge is 0.321 e. The van der Waals surface area contributed by atoms with Gasteiger partial charge in [0.1, 0.15) is 0 Å². The second kappa shape index (κ2) is 7.99. The lowest BCUT2D eigenvalue weighted by molar-refractivity contribution is -0.136. The lowest BCUT2D eigenvalue weighted by Gasteiger charge is -2.17. The first-order chi connectivity index (χ1) is 9.52. The molecule has 0 saturated carbocycles. The number of anilines is 1. The molecule has 5 heteroatoms. The van der Waals surface area contributed by atoms with E-state index in [0.717, 1.165) is 12.8 Å². The average Bonchev–Trinajstić information content (AvgIpc) is 2.40. The topological polar surface area (TPSA) is 69.6 Å². The third-order valence-electron chi connectivity index (χ3n) is 2.81. The van der Waals surface area contributed by atoms with Gasteiger partial charge in [-0.15, -0.1) is 6.58 Å². The SMILES string of the molecule is C=CCCCN(C)C(=O)Nc1ccc(CC(=O)O)cc1. The van der Waals surface area contributed by atoms with Crippen molar-refractivity contribution in [3.8, 4) is 0 Å². The number of carboxylic acid groups (broad SMARTS) is 1. The number of amides is 2. The molecule has 0 fully saturated rings. The largest absolute Gasteiger partial charge is 0.481 e. The average molecular weight is 276 g/mol. The molecule has 20 heavy (non-hydrogen) atoms. The first-order valence-electron chi connectivity index (χ1n) is 6.46. The van der Waals surface area contributed by atoms with Crippen molar-refractivity contribution in [2.75, 3.05) is 18.9 Å². The van der Waals surface area contributed by atoms with Crippen LogP contribution in [0.2, 0.25) is 0 Å². The number of nitrogens with zero attached hydrogens (tertiary/aromatic N) is 1. The summed E-state index contributed by atoms with van der Waals surface area (Å²) >= 11 is 0. The molecule has 108 valence electrons. The van der Waals surface area contributed by atoms with E-state index in [4.69, 9.17) is 5.11 Å². The third-order valence-corrected chi connectivity index (χ3v) is 2.81. The fourth-order valence-electron chi connectivity index (χ4n) is 1.67. The standard InChI is InChI=1S/C15H20N2O3/c1-3-4-5-10-17(2)15(20)16-13-8-6-12(7-9-13)11-14(18)19/h3,6-9H,1,4-5,10-11H2,2H3,(H,16,20)(H,18,19). The molecule has 0 aliphatic heterocycles. The molecule has 0 bridgehead atoms. The maximum Gasteiger partial charge on any atom is 0.321 e. The van der Waals surface area contributed by atoms with Crippen LogP contribution in [-0.4, -0.2) is 35.6 Å². The number of carbonyl (C=O) groups excluding carboxylic acids is 1. The summed E-state index contributed by atoms with van der Waals surface area (Å²) in [5.74, 6) is -0.872. The molecule has 1 aromatic rings. The Balaban J connectivity index is 2.48. The van der Waals surface area contributed by atoms with Gasteiger partial charge in [-0.05, 0) is 30.5 Å². The summed E-state index contributed by atoms with van der Waals surface area (Å²) < 4.78 is 0. The number of carboxylic acids is 1. The van der Waals surface area contributed by atoms with Crippen molar-refractivity contribution in [3.63, 3.8) is 0 Å². The van der Waals surface area contributed by atoms with Crippen molar-refractivity contribution in [2.45, 2.75) is 19.3 Å². The van der Waals surface area contributed by atoms with Gasteiger partial charge in [-0.2, -0.15) is 0 Å². The number of unbranched alkanes of at least 4 members (excludes halogenated alkanes) is 1. The van der Waals surface area contributed by atoms with Gasteiger partial charge in [0.2, 0.25) is 0 Å². The maximum atomic E-state index is 11.9. The quantitative estimate of drug-likeness (QED) is 0.594. The molecule has 2 N–H and O–H groups in total. The Hall–Kier alpha value is -2.30. The molecular weight excluding hydrogens is 256 g/mol. The summed E-state index contributed by atoms with van der Waals surface area (Å²) in [6.07, 6.45) is 3.56. The number of hydrogen-bond donors (Lipinski definition) is 2. The lowest BCUT2D eigenvalue weighted by atomic mass is 10.1. The van der Waals surface area contributed by atoms with Crippen LogP contribution in [0.25, 0.3) is 0 Å². The number of nitrogens with one attached hydrogen (secondary N) is 1. The summed E-state index contributed by atoms with van der Waals surface area (Å²) in [6.45, 7) is 4.30. The van der Waals surface area contributed by atoms with Crippen LogP contribution in [0.5, 0.6) is 0 Å². The van der Waals surface area contributed by atoms with Crippen molar-refractivity contribution in [3.05, 3.63) is 42.5 Å². The van der Waals surface area contributed by atoms with Crippen molar-refractivity contribution < 1.29 is 14.7 Å². The third kappa shape index (κ3) is 5.56. The van der Waals surface area contributed by atoms with Crippen LogP contribution in [0, 0.1) is 0 Å². The second-order valence-electron chi connectivity index (χ2n) is 4.55. The van der Waals surface area contributed by atoms with Crippen molar-refractivity contribution >= 4 is 17.7 Å². The summed E-state index contributed by atoms with van der Waals surface area (Å²) in [5, 5.41) is 11.4. The molecule has 0 aliphatic rings. The first-order valence-corrected chi connectivity index (χ1v) is 6.46. The zero-order valence-corrected chi connectivity index (χ0v) is 11.6. The summed E-state index contributed by atoms with van der Waals surface area (Å²) in [6, 6.07) is 6.62. The molecule has 0 atom stereocenters. The minimum absolute atomic E-state index is 0.0182. The summed E-state index contributed by atoms with van der Waals surface area (Å²) in [5.41, 5.74) is 1.36. The van der Waals surface area contributed by atoms with E-state index in [-0.39, 0.29) is 12.5 Å². The van der Waals surface area contributed by atoms with E-state index in [2.05, 4.69) is 11.9 Å². The van der Waals surface area contributed by atoms with Crippen LogP contribution < -0.4 is 5.32 Å². The molecule has 0 saturated heterocycles. The molecule has 1 rings (SSSR count). The molecule has 5 nitrogen and oxygen atoms in total. The van der Waals surface area contributed by atoms with Gasteiger partial charge in [0.05, 0.1) is 6.42 Å². The van der Waals surface area contributed by atoms with E-state index in [0.29, 0.717) is 17.8 Å². The Kier molecular flexibility index (Phi) is 6.29. The predicted octanol–water partition coefficient (Wildman–Crippen LogP) is 2.74. The Morgan fingerprint density at radius 1 is 1.35 bits per heavy atom. The van der Waals surface area contributed by atoms with Crippen molar-refractivity contribution in [1.29, 1.82) is 0 Å². The maximum absolute atomic E-state index is 11.9. The molecule has 0 unspecified atom stereocenters. The Morgan fingerprint density at radius 2 is 2.00 bits per heavy atom.